The van der Waals surface area contributed by atoms with E-state index in [0.29, 0.717) is 16.4 Å². The average Bonchev–Trinajstić information content (AvgIpc) is 2.99. The van der Waals surface area contributed by atoms with Crippen LogP contribution in [0.5, 0.6) is 0 Å². The maximum atomic E-state index is 12.6. The van der Waals surface area contributed by atoms with E-state index in [4.69, 9.17) is 5.26 Å². The molecule has 0 aliphatic carbocycles. The van der Waals surface area contributed by atoms with Crippen LogP contribution in [0, 0.1) is 11.3 Å². The molecule has 2 aromatic rings. The van der Waals surface area contributed by atoms with Gasteiger partial charge in [0.1, 0.15) is 0 Å². The van der Waals surface area contributed by atoms with Crippen molar-refractivity contribution in [2.45, 2.75) is 11.7 Å². The molecular weight excluding hydrogens is 312 g/mol. The smallest absolute Gasteiger partial charge is 0.253 e. The van der Waals surface area contributed by atoms with E-state index >= 15 is 0 Å². The zero-order chi connectivity index (χ0) is 15.4. The second-order valence-electron chi connectivity index (χ2n) is 5.15. The summed E-state index contributed by atoms with van der Waals surface area (Å²) in [6.45, 7) is 1.54. The number of nitriles is 1. The number of benzene rings is 1. The number of thioether (sulfide) groups is 1. The summed E-state index contributed by atoms with van der Waals surface area (Å²) in [6, 6.07) is 13.3. The average molecular weight is 328 g/mol. The molecule has 3 rings (SSSR count). The highest BCUT2D eigenvalue weighted by atomic mass is 32.2. The molecule has 5 heteroatoms. The fourth-order valence-corrected chi connectivity index (χ4v) is 4.82. The van der Waals surface area contributed by atoms with Crippen LogP contribution in [-0.2, 0) is 0 Å². The lowest BCUT2D eigenvalue weighted by Gasteiger charge is -2.20. The largest absolute Gasteiger partial charge is 0.338 e. The summed E-state index contributed by atoms with van der Waals surface area (Å²) < 4.78 is 0. The van der Waals surface area contributed by atoms with E-state index in [1.54, 1.807) is 35.6 Å². The third-order valence-electron chi connectivity index (χ3n) is 3.73. The molecule has 0 N–H and O–H groups in total. The number of hydrogen-bond acceptors (Lipinski definition) is 4. The first-order valence-electron chi connectivity index (χ1n) is 7.22. The molecule has 0 radical (unpaired) electrons. The second-order valence-corrected chi connectivity index (χ2v) is 7.44. The van der Waals surface area contributed by atoms with Crippen molar-refractivity contribution in [1.82, 2.24) is 4.90 Å². The van der Waals surface area contributed by atoms with Crippen LogP contribution in [-0.4, -0.2) is 29.6 Å². The molecule has 0 saturated carbocycles. The zero-order valence-electron chi connectivity index (χ0n) is 12.1. The van der Waals surface area contributed by atoms with Gasteiger partial charge in [0.15, 0.2) is 0 Å². The van der Waals surface area contributed by atoms with Crippen LogP contribution in [0.3, 0.4) is 0 Å². The summed E-state index contributed by atoms with van der Waals surface area (Å²) in [5.74, 6) is 0.983. The van der Waals surface area contributed by atoms with Crippen molar-refractivity contribution in [3.8, 4) is 6.07 Å². The van der Waals surface area contributed by atoms with Gasteiger partial charge >= 0.3 is 0 Å². The van der Waals surface area contributed by atoms with Gasteiger partial charge in [0.2, 0.25) is 0 Å². The number of carbonyl (C=O) groups is 1. The molecule has 0 bridgehead atoms. The van der Waals surface area contributed by atoms with Crippen LogP contribution >= 0.6 is 23.1 Å². The van der Waals surface area contributed by atoms with E-state index in [1.807, 2.05) is 16.7 Å². The van der Waals surface area contributed by atoms with Crippen LogP contribution in [0.1, 0.15) is 32.5 Å². The molecule has 0 unspecified atom stereocenters. The van der Waals surface area contributed by atoms with Gasteiger partial charge in [0.25, 0.3) is 5.91 Å². The van der Waals surface area contributed by atoms with Crippen molar-refractivity contribution in [3.05, 3.63) is 57.8 Å². The quantitative estimate of drug-likeness (QED) is 0.839. The molecule has 112 valence electrons. The van der Waals surface area contributed by atoms with Crippen LogP contribution in [0.25, 0.3) is 0 Å². The highest BCUT2D eigenvalue weighted by Gasteiger charge is 2.23. The molecule has 1 aromatic carbocycles. The zero-order valence-corrected chi connectivity index (χ0v) is 13.7. The normalized spacial score (nSPS) is 18.5. The van der Waals surface area contributed by atoms with Crippen molar-refractivity contribution in [2.75, 3.05) is 18.8 Å². The first kappa shape index (κ1) is 15.1. The number of amides is 1. The molecule has 1 saturated heterocycles. The first-order valence-corrected chi connectivity index (χ1v) is 9.15. The van der Waals surface area contributed by atoms with Gasteiger partial charge in [-0.05, 0) is 36.1 Å². The van der Waals surface area contributed by atoms with E-state index < -0.39 is 0 Å². The Morgan fingerprint density at radius 3 is 2.95 bits per heavy atom. The Labute approximate surface area is 138 Å². The molecule has 1 aliphatic rings. The molecule has 3 nitrogen and oxygen atoms in total. The van der Waals surface area contributed by atoms with Crippen LogP contribution in [0.15, 0.2) is 41.8 Å². The molecule has 1 aliphatic heterocycles. The second kappa shape index (κ2) is 6.99. The van der Waals surface area contributed by atoms with Crippen molar-refractivity contribution < 1.29 is 4.79 Å². The Balaban J connectivity index is 1.70. The number of hydrogen-bond donors (Lipinski definition) is 0. The highest BCUT2D eigenvalue weighted by Crippen LogP contribution is 2.36. The minimum Gasteiger partial charge on any atom is -0.338 e. The minimum atomic E-state index is 0.0320. The number of nitrogens with zero attached hydrogens (tertiary/aromatic N) is 2. The van der Waals surface area contributed by atoms with E-state index in [2.05, 4.69) is 23.6 Å². The topological polar surface area (TPSA) is 44.1 Å². The fourth-order valence-electron chi connectivity index (χ4n) is 2.58. The summed E-state index contributed by atoms with van der Waals surface area (Å²) in [5.41, 5.74) is 1.14. The van der Waals surface area contributed by atoms with E-state index in [-0.39, 0.29) is 5.91 Å². The molecule has 1 atom stereocenters. The lowest BCUT2D eigenvalue weighted by Crippen LogP contribution is -2.33. The van der Waals surface area contributed by atoms with Crippen molar-refractivity contribution in [2.24, 2.45) is 0 Å². The predicted molar refractivity (Wildman–Crippen MR) is 91.2 cm³/mol. The summed E-state index contributed by atoms with van der Waals surface area (Å²) in [5, 5.41) is 11.6. The number of thiophene rings is 1. The lowest BCUT2D eigenvalue weighted by molar-refractivity contribution is 0.0766. The fraction of sp³-hybridized carbons (Fsp3) is 0.294. The van der Waals surface area contributed by atoms with E-state index in [0.717, 1.165) is 25.3 Å². The monoisotopic (exact) mass is 328 g/mol. The Morgan fingerprint density at radius 2 is 2.18 bits per heavy atom. The Bertz CT molecular complexity index is 691. The number of rotatable bonds is 2. The summed E-state index contributed by atoms with van der Waals surface area (Å²) in [4.78, 5) is 15.9. The molecular formula is C17H16N2OS2. The number of carbonyl (C=O) groups excluding carboxylic acids is 1. The van der Waals surface area contributed by atoms with Gasteiger partial charge in [-0.3, -0.25) is 4.79 Å². The van der Waals surface area contributed by atoms with Crippen LogP contribution < -0.4 is 0 Å². The highest BCUT2D eigenvalue weighted by molar-refractivity contribution is 7.99. The predicted octanol–water partition coefficient (Wildman–Crippen LogP) is 3.94. The van der Waals surface area contributed by atoms with Gasteiger partial charge in [0, 0.05) is 34.5 Å². The Morgan fingerprint density at radius 1 is 1.27 bits per heavy atom. The van der Waals surface area contributed by atoms with Gasteiger partial charge < -0.3 is 4.90 Å². The maximum Gasteiger partial charge on any atom is 0.253 e. The molecule has 1 amide bonds. The van der Waals surface area contributed by atoms with E-state index in [1.165, 1.54) is 4.88 Å². The maximum absolute atomic E-state index is 12.6. The van der Waals surface area contributed by atoms with Gasteiger partial charge in [-0.15, -0.1) is 11.3 Å². The third kappa shape index (κ3) is 3.34. The Hall–Kier alpha value is -1.77. The summed E-state index contributed by atoms with van der Waals surface area (Å²) in [6.07, 6.45) is 0.981. The van der Waals surface area contributed by atoms with Gasteiger partial charge in [0.05, 0.1) is 11.6 Å². The SMILES string of the molecule is N#Cc1cccc(C(=O)N2CCS[C@H](c3cccs3)CC2)c1. The van der Waals surface area contributed by atoms with Crippen molar-refractivity contribution in [3.63, 3.8) is 0 Å². The molecule has 2 heterocycles. The Kier molecular flexibility index (Phi) is 4.81. The minimum absolute atomic E-state index is 0.0320. The molecule has 22 heavy (non-hydrogen) atoms. The molecule has 1 fully saturated rings. The third-order valence-corrected chi connectivity index (χ3v) is 6.17. The first-order chi connectivity index (χ1) is 10.8. The summed E-state index contributed by atoms with van der Waals surface area (Å²) in [7, 11) is 0. The molecule has 1 aromatic heterocycles. The van der Waals surface area contributed by atoms with Gasteiger partial charge in [-0.1, -0.05) is 12.1 Å². The van der Waals surface area contributed by atoms with Crippen molar-refractivity contribution in [1.29, 1.82) is 5.26 Å². The lowest BCUT2D eigenvalue weighted by atomic mass is 10.1. The van der Waals surface area contributed by atoms with Gasteiger partial charge in [-0.2, -0.15) is 17.0 Å². The standard InChI is InChI=1S/C17H16N2OS2/c18-12-13-3-1-4-14(11-13)17(20)19-7-6-16(22-10-8-19)15-5-2-9-21-15/h1-5,9,11,16H,6-8,10H2/t16-/m0/s1. The van der Waals surface area contributed by atoms with Crippen LogP contribution in [0.4, 0.5) is 0 Å². The van der Waals surface area contributed by atoms with E-state index in [9.17, 15) is 4.79 Å². The van der Waals surface area contributed by atoms with Crippen molar-refractivity contribution >= 4 is 29.0 Å². The van der Waals surface area contributed by atoms with Crippen LogP contribution in [0.2, 0.25) is 0 Å². The molecule has 0 spiro atoms. The summed E-state index contributed by atoms with van der Waals surface area (Å²) >= 11 is 3.72. The van der Waals surface area contributed by atoms with Gasteiger partial charge in [-0.25, -0.2) is 0 Å².